The van der Waals surface area contributed by atoms with Crippen LogP contribution in [0.2, 0.25) is 0 Å². The number of aromatic nitrogens is 5. The second-order valence-corrected chi connectivity index (χ2v) is 5.34. The zero-order valence-electron chi connectivity index (χ0n) is 9.62. The van der Waals surface area contributed by atoms with Crippen LogP contribution in [0.4, 0.5) is 11.9 Å². The predicted octanol–water partition coefficient (Wildman–Crippen LogP) is 0.844. The molecule has 3 rings (SSSR count). The lowest BCUT2D eigenvalue weighted by atomic mass is 10.4. The van der Waals surface area contributed by atoms with Crippen LogP contribution in [-0.4, -0.2) is 37.8 Å². The minimum Gasteiger partial charge on any atom is -0.368 e. The van der Waals surface area contributed by atoms with E-state index in [1.54, 1.807) is 10.9 Å². The molecular formula is C10H12IN7. The average Bonchev–Trinajstić information content (AvgIpc) is 2.98. The molecule has 0 aliphatic carbocycles. The minimum absolute atomic E-state index is 0.229. The molecule has 94 valence electrons. The molecule has 3 heterocycles. The SMILES string of the molecule is Nc1nc(N2CCCC2)nc(-n2cc(I)cn2)n1. The highest BCUT2D eigenvalue weighted by Gasteiger charge is 2.17. The van der Waals surface area contributed by atoms with Gasteiger partial charge >= 0.3 is 0 Å². The summed E-state index contributed by atoms with van der Waals surface area (Å²) >= 11 is 2.19. The number of hydrogen-bond donors (Lipinski definition) is 1. The van der Waals surface area contributed by atoms with Crippen LogP contribution >= 0.6 is 22.6 Å². The standard InChI is InChI=1S/C10H12IN7/c11-7-5-13-18(6-7)10-15-8(12)14-9(16-10)17-3-1-2-4-17/h5-6H,1-4H2,(H2,12,14,15,16). The first-order chi connectivity index (χ1) is 8.72. The van der Waals surface area contributed by atoms with Gasteiger partial charge in [-0.2, -0.15) is 20.1 Å². The van der Waals surface area contributed by atoms with Crippen molar-refractivity contribution in [3.63, 3.8) is 0 Å². The Morgan fingerprint density at radius 1 is 1.11 bits per heavy atom. The highest BCUT2D eigenvalue weighted by atomic mass is 127. The highest BCUT2D eigenvalue weighted by molar-refractivity contribution is 14.1. The Kier molecular flexibility index (Phi) is 3.02. The van der Waals surface area contributed by atoms with Gasteiger partial charge in [-0.05, 0) is 35.4 Å². The van der Waals surface area contributed by atoms with E-state index in [1.165, 1.54) is 12.8 Å². The lowest BCUT2D eigenvalue weighted by molar-refractivity contribution is 0.782. The highest BCUT2D eigenvalue weighted by Crippen LogP contribution is 2.17. The summed E-state index contributed by atoms with van der Waals surface area (Å²) in [6, 6.07) is 0. The monoisotopic (exact) mass is 357 g/mol. The number of rotatable bonds is 2. The van der Waals surface area contributed by atoms with Crippen molar-refractivity contribution in [1.82, 2.24) is 24.7 Å². The molecule has 1 aliphatic rings. The zero-order valence-corrected chi connectivity index (χ0v) is 11.8. The Bertz CT molecular complexity index is 561. The van der Waals surface area contributed by atoms with Crippen molar-refractivity contribution in [2.24, 2.45) is 0 Å². The summed E-state index contributed by atoms with van der Waals surface area (Å²) in [7, 11) is 0. The molecule has 0 atom stereocenters. The fourth-order valence-corrected chi connectivity index (χ4v) is 2.33. The molecule has 18 heavy (non-hydrogen) atoms. The first kappa shape index (κ1) is 11.6. The molecule has 7 nitrogen and oxygen atoms in total. The minimum atomic E-state index is 0.229. The van der Waals surface area contributed by atoms with Crippen molar-refractivity contribution in [2.45, 2.75) is 12.8 Å². The van der Waals surface area contributed by atoms with E-state index in [-0.39, 0.29) is 5.95 Å². The van der Waals surface area contributed by atoms with Gasteiger partial charge in [0.15, 0.2) is 0 Å². The Morgan fingerprint density at radius 3 is 2.50 bits per heavy atom. The van der Waals surface area contributed by atoms with Gasteiger partial charge in [-0.3, -0.25) is 0 Å². The summed E-state index contributed by atoms with van der Waals surface area (Å²) in [6.45, 7) is 1.94. The van der Waals surface area contributed by atoms with Crippen molar-refractivity contribution >= 4 is 34.5 Å². The summed E-state index contributed by atoms with van der Waals surface area (Å²) in [5.41, 5.74) is 5.74. The van der Waals surface area contributed by atoms with Crippen LogP contribution in [0.1, 0.15) is 12.8 Å². The second-order valence-electron chi connectivity index (χ2n) is 4.09. The summed E-state index contributed by atoms with van der Waals surface area (Å²) in [5, 5.41) is 4.18. The largest absolute Gasteiger partial charge is 0.368 e. The molecule has 0 radical (unpaired) electrons. The predicted molar refractivity (Wildman–Crippen MR) is 75.5 cm³/mol. The smallest absolute Gasteiger partial charge is 0.257 e. The third-order valence-corrected chi connectivity index (χ3v) is 3.33. The van der Waals surface area contributed by atoms with E-state index >= 15 is 0 Å². The van der Waals surface area contributed by atoms with Gasteiger partial charge in [0.2, 0.25) is 11.9 Å². The molecule has 0 unspecified atom stereocenters. The van der Waals surface area contributed by atoms with E-state index < -0.39 is 0 Å². The Labute approximate surface area is 118 Å². The molecule has 0 saturated carbocycles. The lowest BCUT2D eigenvalue weighted by Crippen LogP contribution is -2.22. The third kappa shape index (κ3) is 2.24. The van der Waals surface area contributed by atoms with E-state index in [9.17, 15) is 0 Å². The fraction of sp³-hybridized carbons (Fsp3) is 0.400. The Morgan fingerprint density at radius 2 is 1.83 bits per heavy atom. The van der Waals surface area contributed by atoms with Crippen LogP contribution in [0.25, 0.3) is 5.95 Å². The molecule has 2 aromatic heterocycles. The van der Waals surface area contributed by atoms with Crippen molar-refractivity contribution in [2.75, 3.05) is 23.7 Å². The van der Waals surface area contributed by atoms with Gasteiger partial charge in [0.05, 0.1) is 9.77 Å². The molecule has 8 heteroatoms. The van der Waals surface area contributed by atoms with Crippen molar-refractivity contribution < 1.29 is 0 Å². The maximum absolute atomic E-state index is 5.74. The summed E-state index contributed by atoms with van der Waals surface area (Å²) < 4.78 is 2.63. The molecule has 1 aliphatic heterocycles. The first-order valence-corrected chi connectivity index (χ1v) is 6.77. The van der Waals surface area contributed by atoms with Crippen LogP contribution in [-0.2, 0) is 0 Å². The molecule has 2 aromatic rings. The van der Waals surface area contributed by atoms with Crippen LogP contribution < -0.4 is 10.6 Å². The van der Waals surface area contributed by atoms with Gasteiger partial charge < -0.3 is 10.6 Å². The molecular weight excluding hydrogens is 345 g/mol. The summed E-state index contributed by atoms with van der Waals surface area (Å²) in [4.78, 5) is 14.8. The average molecular weight is 357 g/mol. The Balaban J connectivity index is 1.99. The number of halogens is 1. The van der Waals surface area contributed by atoms with E-state index in [1.807, 2.05) is 6.20 Å². The van der Waals surface area contributed by atoms with Crippen LogP contribution in [0.5, 0.6) is 0 Å². The fourth-order valence-electron chi connectivity index (χ4n) is 1.94. The van der Waals surface area contributed by atoms with Crippen molar-refractivity contribution in [3.8, 4) is 5.95 Å². The van der Waals surface area contributed by atoms with Gasteiger partial charge in [0.25, 0.3) is 5.95 Å². The Hall–Kier alpha value is -1.45. The topological polar surface area (TPSA) is 85.8 Å². The van der Waals surface area contributed by atoms with E-state index in [0.717, 1.165) is 16.7 Å². The maximum atomic E-state index is 5.74. The molecule has 0 aromatic carbocycles. The van der Waals surface area contributed by atoms with Gasteiger partial charge in [0, 0.05) is 19.3 Å². The first-order valence-electron chi connectivity index (χ1n) is 5.69. The van der Waals surface area contributed by atoms with Gasteiger partial charge in [-0.25, -0.2) is 4.68 Å². The number of nitrogens with two attached hydrogens (primary N) is 1. The quantitative estimate of drug-likeness (QED) is 0.802. The van der Waals surface area contributed by atoms with Gasteiger partial charge in [-0.15, -0.1) is 0 Å². The third-order valence-electron chi connectivity index (χ3n) is 2.77. The van der Waals surface area contributed by atoms with Crippen molar-refractivity contribution in [3.05, 3.63) is 16.0 Å². The van der Waals surface area contributed by atoms with Crippen LogP contribution in [0, 0.1) is 3.57 Å². The van der Waals surface area contributed by atoms with E-state index in [4.69, 9.17) is 5.73 Å². The number of hydrogen-bond acceptors (Lipinski definition) is 6. The van der Waals surface area contributed by atoms with E-state index in [2.05, 4.69) is 47.5 Å². The lowest BCUT2D eigenvalue weighted by Gasteiger charge is -2.15. The van der Waals surface area contributed by atoms with Gasteiger partial charge in [0.1, 0.15) is 0 Å². The molecule has 0 bridgehead atoms. The zero-order chi connectivity index (χ0) is 12.5. The molecule has 2 N–H and O–H groups in total. The van der Waals surface area contributed by atoms with Crippen LogP contribution in [0.15, 0.2) is 12.4 Å². The molecule has 0 amide bonds. The molecule has 0 spiro atoms. The van der Waals surface area contributed by atoms with E-state index in [0.29, 0.717) is 11.9 Å². The normalized spacial score (nSPS) is 15.3. The van der Waals surface area contributed by atoms with Crippen LogP contribution in [0.3, 0.4) is 0 Å². The summed E-state index contributed by atoms with van der Waals surface area (Å²) in [5.74, 6) is 1.33. The van der Waals surface area contributed by atoms with Gasteiger partial charge in [-0.1, -0.05) is 0 Å². The number of nitrogen functional groups attached to an aromatic ring is 1. The number of anilines is 2. The molecule has 1 fully saturated rings. The van der Waals surface area contributed by atoms with Crippen molar-refractivity contribution in [1.29, 1.82) is 0 Å². The maximum Gasteiger partial charge on any atom is 0.257 e. The molecule has 1 saturated heterocycles. The summed E-state index contributed by atoms with van der Waals surface area (Å²) in [6.07, 6.45) is 5.93. The second kappa shape index (κ2) is 4.67. The number of nitrogens with zero attached hydrogens (tertiary/aromatic N) is 6.